The third-order valence-electron chi connectivity index (χ3n) is 9.86. The quantitative estimate of drug-likeness (QED) is 0.352. The predicted octanol–water partition coefficient (Wildman–Crippen LogP) is 4.65. The van der Waals surface area contributed by atoms with Crippen LogP contribution in [0.2, 0.25) is 0 Å². The summed E-state index contributed by atoms with van der Waals surface area (Å²) in [5.74, 6) is -2.87. The minimum Gasteiger partial charge on any atom is -0.465 e. The van der Waals surface area contributed by atoms with Crippen molar-refractivity contribution >= 4 is 17.8 Å². The van der Waals surface area contributed by atoms with Gasteiger partial charge < -0.3 is 24.4 Å². The summed E-state index contributed by atoms with van der Waals surface area (Å²) in [4.78, 5) is 46.9. The number of ether oxygens (including phenoxy) is 2. The van der Waals surface area contributed by atoms with E-state index in [-0.39, 0.29) is 29.8 Å². The molecular formula is C33H52N2O6. The molecule has 1 unspecified atom stereocenters. The van der Waals surface area contributed by atoms with Crippen LogP contribution in [0.4, 0.5) is 0 Å². The Morgan fingerprint density at radius 3 is 2.34 bits per heavy atom. The van der Waals surface area contributed by atoms with E-state index in [1.807, 2.05) is 43.9 Å². The molecule has 2 amide bonds. The summed E-state index contributed by atoms with van der Waals surface area (Å²) in [6.07, 6.45) is 12.2. The highest BCUT2D eigenvalue weighted by Gasteiger charge is 2.76. The number of aliphatic hydroxyl groups excluding tert-OH is 1. The summed E-state index contributed by atoms with van der Waals surface area (Å²) in [5, 5.41) is 10.6. The highest BCUT2D eigenvalue weighted by Crippen LogP contribution is 2.59. The lowest BCUT2D eigenvalue weighted by atomic mass is 9.73. The first-order valence-corrected chi connectivity index (χ1v) is 15.7. The van der Waals surface area contributed by atoms with Crippen LogP contribution in [0.25, 0.3) is 0 Å². The summed E-state index contributed by atoms with van der Waals surface area (Å²) >= 11 is 0. The first-order valence-electron chi connectivity index (χ1n) is 15.7. The van der Waals surface area contributed by atoms with Gasteiger partial charge in [-0.15, -0.1) is 0 Å². The minimum atomic E-state index is -1.36. The van der Waals surface area contributed by atoms with E-state index in [1.165, 1.54) is 0 Å². The summed E-state index contributed by atoms with van der Waals surface area (Å²) in [6.45, 7) is 17.0. The zero-order valence-electron chi connectivity index (χ0n) is 26.4. The third-order valence-corrected chi connectivity index (χ3v) is 9.86. The number of allylic oxidation sites excluding steroid dienone is 1. The van der Waals surface area contributed by atoms with E-state index in [9.17, 15) is 19.5 Å². The third kappa shape index (κ3) is 5.39. The molecule has 230 valence electrons. The summed E-state index contributed by atoms with van der Waals surface area (Å²) in [6, 6.07) is -1.60. The summed E-state index contributed by atoms with van der Waals surface area (Å²) in [5.41, 5.74) is -2.99. The number of carbonyl (C=O) groups is 3. The number of hydrogen-bond acceptors (Lipinski definition) is 6. The molecule has 4 heterocycles. The topological polar surface area (TPSA) is 96.4 Å². The van der Waals surface area contributed by atoms with Crippen molar-refractivity contribution in [2.75, 3.05) is 19.8 Å². The Kier molecular flexibility index (Phi) is 8.89. The molecule has 0 bridgehead atoms. The van der Waals surface area contributed by atoms with Gasteiger partial charge in [-0.05, 0) is 57.3 Å². The zero-order chi connectivity index (χ0) is 30.4. The second kappa shape index (κ2) is 11.5. The number of amides is 2. The van der Waals surface area contributed by atoms with Crippen LogP contribution in [0, 0.1) is 23.2 Å². The number of carbonyl (C=O) groups excluding carboxylic acids is 3. The summed E-state index contributed by atoms with van der Waals surface area (Å²) < 4.78 is 12.9. The van der Waals surface area contributed by atoms with Crippen LogP contribution in [-0.2, 0) is 23.9 Å². The molecule has 4 rings (SSSR count). The van der Waals surface area contributed by atoms with Crippen LogP contribution in [-0.4, -0.2) is 81.3 Å². The fourth-order valence-corrected chi connectivity index (χ4v) is 8.09. The molecule has 0 radical (unpaired) electrons. The number of likely N-dealkylation sites (tertiary alicyclic amines) is 1. The lowest BCUT2D eigenvalue weighted by Gasteiger charge is -2.46. The van der Waals surface area contributed by atoms with Crippen molar-refractivity contribution < 1.29 is 29.0 Å². The maximum atomic E-state index is 14.9. The molecule has 0 aliphatic carbocycles. The average Bonchev–Trinajstić information content (AvgIpc) is 3.24. The molecule has 4 aliphatic heterocycles. The zero-order valence-corrected chi connectivity index (χ0v) is 26.4. The number of cyclic esters (lactones) is 1. The number of fused-ring (bicyclic) bond motifs is 2. The Bertz CT molecular complexity index is 1080. The van der Waals surface area contributed by atoms with Crippen molar-refractivity contribution in [2.45, 2.75) is 123 Å². The highest BCUT2D eigenvalue weighted by molar-refractivity contribution is 5.99. The lowest BCUT2D eigenvalue weighted by molar-refractivity contribution is -0.165. The fourth-order valence-electron chi connectivity index (χ4n) is 8.09. The smallest absolute Gasteiger partial charge is 0.313 e. The average molecular weight is 573 g/mol. The van der Waals surface area contributed by atoms with Crippen molar-refractivity contribution in [3.63, 3.8) is 0 Å². The molecule has 0 aromatic heterocycles. The Morgan fingerprint density at radius 2 is 1.73 bits per heavy atom. The minimum absolute atomic E-state index is 0.0390. The monoisotopic (exact) mass is 572 g/mol. The molecule has 0 saturated carbocycles. The van der Waals surface area contributed by atoms with Crippen LogP contribution in [0.1, 0.15) is 93.9 Å². The van der Waals surface area contributed by atoms with E-state index in [4.69, 9.17) is 9.47 Å². The normalized spacial score (nSPS) is 34.9. The molecule has 0 aromatic carbocycles. The standard InChI is InChI=1S/C33H52N2O6/c1-9-22(3)23(20-36)35-26-28(38)34(31(7,8)21-30(4,5)6)18-15-17-33(26)24(27(35)37)25-29(39)40-19-14-12-11-13-16-32(25,10-2)41-33/h13,15-17,22-26,36H,9-12,14,18-21H2,1-8H3/b16-13-/t22-,23-,24-,25-,26?,32+,33-/m0/s1. The van der Waals surface area contributed by atoms with Gasteiger partial charge >= 0.3 is 5.97 Å². The van der Waals surface area contributed by atoms with Crippen LogP contribution < -0.4 is 0 Å². The lowest BCUT2D eigenvalue weighted by Crippen LogP contribution is -2.62. The van der Waals surface area contributed by atoms with Crippen LogP contribution >= 0.6 is 0 Å². The number of esters is 1. The first kappa shape index (κ1) is 31.7. The van der Waals surface area contributed by atoms with Crippen molar-refractivity contribution in [1.82, 2.24) is 9.80 Å². The Labute approximate surface area is 246 Å². The van der Waals surface area contributed by atoms with Crippen LogP contribution in [0.5, 0.6) is 0 Å². The molecule has 0 aromatic rings. The van der Waals surface area contributed by atoms with E-state index in [2.05, 4.69) is 40.7 Å². The van der Waals surface area contributed by atoms with E-state index in [0.717, 1.165) is 32.1 Å². The van der Waals surface area contributed by atoms with Gasteiger partial charge in [0.05, 0.1) is 25.2 Å². The Balaban J connectivity index is 1.93. The van der Waals surface area contributed by atoms with Gasteiger partial charge in [-0.2, -0.15) is 0 Å². The van der Waals surface area contributed by atoms with Gasteiger partial charge in [0.2, 0.25) is 11.8 Å². The van der Waals surface area contributed by atoms with Gasteiger partial charge in [0.25, 0.3) is 0 Å². The van der Waals surface area contributed by atoms with Gasteiger partial charge in [-0.3, -0.25) is 14.4 Å². The molecule has 2 fully saturated rings. The second-order valence-corrected chi connectivity index (χ2v) is 14.5. The van der Waals surface area contributed by atoms with Crippen molar-refractivity contribution in [3.05, 3.63) is 24.3 Å². The molecule has 4 aliphatic rings. The Hall–Kier alpha value is -2.19. The van der Waals surface area contributed by atoms with Crippen molar-refractivity contribution in [1.29, 1.82) is 0 Å². The predicted molar refractivity (Wildman–Crippen MR) is 158 cm³/mol. The summed E-state index contributed by atoms with van der Waals surface area (Å²) in [7, 11) is 0. The molecule has 1 spiro atoms. The maximum Gasteiger partial charge on any atom is 0.313 e. The maximum absolute atomic E-state index is 14.9. The van der Waals surface area contributed by atoms with E-state index in [1.54, 1.807) is 4.90 Å². The van der Waals surface area contributed by atoms with Gasteiger partial charge in [0, 0.05) is 12.1 Å². The molecule has 1 N–H and O–H groups in total. The number of aliphatic hydroxyl groups is 1. The van der Waals surface area contributed by atoms with E-state index >= 15 is 0 Å². The molecule has 8 nitrogen and oxygen atoms in total. The molecule has 2 saturated heterocycles. The fraction of sp³-hybridized carbons (Fsp3) is 0.788. The van der Waals surface area contributed by atoms with Crippen LogP contribution in [0.3, 0.4) is 0 Å². The van der Waals surface area contributed by atoms with Crippen LogP contribution in [0.15, 0.2) is 24.3 Å². The Morgan fingerprint density at radius 1 is 1.02 bits per heavy atom. The van der Waals surface area contributed by atoms with Crippen molar-refractivity contribution in [2.24, 2.45) is 23.2 Å². The van der Waals surface area contributed by atoms with Gasteiger partial charge in [-0.1, -0.05) is 72.3 Å². The highest BCUT2D eigenvalue weighted by atomic mass is 16.6. The van der Waals surface area contributed by atoms with Crippen molar-refractivity contribution in [3.8, 4) is 0 Å². The van der Waals surface area contributed by atoms with Gasteiger partial charge in [-0.25, -0.2) is 0 Å². The number of hydrogen-bond donors (Lipinski definition) is 1. The number of nitrogens with zero attached hydrogens (tertiary/aromatic N) is 2. The molecule has 7 atom stereocenters. The number of rotatable bonds is 7. The molecule has 41 heavy (non-hydrogen) atoms. The first-order chi connectivity index (χ1) is 19.2. The van der Waals surface area contributed by atoms with E-state index in [0.29, 0.717) is 19.6 Å². The van der Waals surface area contributed by atoms with Gasteiger partial charge in [0.15, 0.2) is 0 Å². The van der Waals surface area contributed by atoms with E-state index < -0.39 is 46.6 Å². The molecular weight excluding hydrogens is 520 g/mol. The van der Waals surface area contributed by atoms with Gasteiger partial charge in [0.1, 0.15) is 23.2 Å². The largest absolute Gasteiger partial charge is 0.465 e. The molecule has 8 heteroatoms. The second-order valence-electron chi connectivity index (χ2n) is 14.5. The SMILES string of the molecule is CC[C@H](C)[C@H](CO)N1C(=O)[C@@H]2[C@H]3C(=O)OCCCC/C=C\[C@@]3(CC)O[C@@]23C=CCN(C(C)(C)CC(C)(C)C)C(=O)C13.